The summed E-state index contributed by atoms with van der Waals surface area (Å²) in [4.78, 5) is 37.1. The number of aromatic nitrogens is 2. The van der Waals surface area contributed by atoms with Gasteiger partial charge in [-0.25, -0.2) is 27.2 Å². The molecule has 13 heteroatoms. The van der Waals surface area contributed by atoms with Gasteiger partial charge < -0.3 is 15.5 Å². The molecule has 0 saturated carbocycles. The quantitative estimate of drug-likeness (QED) is 0.533. The third-order valence-corrected chi connectivity index (χ3v) is 9.45. The lowest BCUT2D eigenvalue weighted by Crippen LogP contribution is -2.40. The van der Waals surface area contributed by atoms with E-state index in [2.05, 4.69) is 20.6 Å². The predicted molar refractivity (Wildman–Crippen MR) is 143 cm³/mol. The van der Waals surface area contributed by atoms with E-state index in [9.17, 15) is 26.8 Å². The Morgan fingerprint density at radius 3 is 2.45 bits per heavy atom. The zero-order valence-corrected chi connectivity index (χ0v) is 23.5. The number of pyridine rings is 1. The Hall–Kier alpha value is -2.67. The van der Waals surface area contributed by atoms with Gasteiger partial charge in [0.1, 0.15) is 21.3 Å². The monoisotopic (exact) mass is 569 g/mol. The van der Waals surface area contributed by atoms with E-state index in [0.717, 1.165) is 24.2 Å². The Kier molecular flexibility index (Phi) is 8.08. The number of hydrogen-bond acceptors (Lipinski definition) is 8. The van der Waals surface area contributed by atoms with Gasteiger partial charge in [0.05, 0.1) is 16.4 Å². The lowest BCUT2D eigenvalue weighted by Gasteiger charge is -2.23. The van der Waals surface area contributed by atoms with Crippen LogP contribution in [0.2, 0.25) is 0 Å². The van der Waals surface area contributed by atoms with Gasteiger partial charge in [0, 0.05) is 41.5 Å². The normalized spacial score (nSPS) is 20.1. The highest BCUT2D eigenvalue weighted by Gasteiger charge is 2.34. The molecule has 9 nitrogen and oxygen atoms in total. The Morgan fingerprint density at radius 2 is 1.87 bits per heavy atom. The molecule has 0 aliphatic carbocycles. The Labute approximate surface area is 225 Å². The fraction of sp³-hybridized carbons (Fsp3) is 0.600. The second-order valence-corrected chi connectivity index (χ2v) is 14.2. The van der Waals surface area contributed by atoms with E-state index < -0.39 is 33.6 Å². The van der Waals surface area contributed by atoms with Crippen molar-refractivity contribution in [3.63, 3.8) is 0 Å². The number of hydrogen-bond donors (Lipinski definition) is 2. The SMILES string of the molecule is C[C@H]1CCCN1C(=O)c1nc(C(=O)NC2CCS(=O)(=O)CC2)sc1-c1cnc(NC(C)(C)C)cc1C(F)F. The van der Waals surface area contributed by atoms with Crippen LogP contribution in [0.25, 0.3) is 10.4 Å². The Morgan fingerprint density at radius 1 is 1.18 bits per heavy atom. The topological polar surface area (TPSA) is 121 Å². The lowest BCUT2D eigenvalue weighted by atomic mass is 10.1. The molecule has 2 aromatic heterocycles. The van der Waals surface area contributed by atoms with Gasteiger partial charge in [-0.2, -0.15) is 0 Å². The van der Waals surface area contributed by atoms with Crippen molar-refractivity contribution in [1.82, 2.24) is 20.2 Å². The number of likely N-dealkylation sites (tertiary alicyclic amines) is 1. The summed E-state index contributed by atoms with van der Waals surface area (Å²) in [5.74, 6) is -0.744. The van der Waals surface area contributed by atoms with E-state index in [4.69, 9.17) is 0 Å². The third-order valence-electron chi connectivity index (χ3n) is 6.65. The fourth-order valence-electron chi connectivity index (χ4n) is 4.69. The number of carbonyl (C=O) groups excluding carboxylic acids is 2. The van der Waals surface area contributed by atoms with Crippen LogP contribution in [0.15, 0.2) is 12.3 Å². The molecule has 2 saturated heterocycles. The highest BCUT2D eigenvalue weighted by molar-refractivity contribution is 7.91. The van der Waals surface area contributed by atoms with Gasteiger partial charge in [-0.05, 0) is 59.4 Å². The van der Waals surface area contributed by atoms with Gasteiger partial charge >= 0.3 is 0 Å². The summed E-state index contributed by atoms with van der Waals surface area (Å²) >= 11 is 0.865. The van der Waals surface area contributed by atoms with E-state index in [-0.39, 0.29) is 69.0 Å². The predicted octanol–water partition coefficient (Wildman–Crippen LogP) is 4.28. The number of sulfone groups is 1. The average molecular weight is 570 g/mol. The number of thiazole rings is 1. The molecule has 2 fully saturated rings. The molecule has 38 heavy (non-hydrogen) atoms. The third kappa shape index (κ3) is 6.48. The summed E-state index contributed by atoms with van der Waals surface area (Å²) in [7, 11) is -3.11. The van der Waals surface area contributed by atoms with Crippen LogP contribution in [0, 0.1) is 0 Å². The van der Waals surface area contributed by atoms with Crippen molar-refractivity contribution >= 4 is 38.8 Å². The van der Waals surface area contributed by atoms with Crippen LogP contribution in [-0.2, 0) is 9.84 Å². The van der Waals surface area contributed by atoms with Gasteiger partial charge in [-0.15, -0.1) is 11.3 Å². The molecule has 0 unspecified atom stereocenters. The Balaban J connectivity index is 1.72. The van der Waals surface area contributed by atoms with E-state index in [0.29, 0.717) is 6.54 Å². The van der Waals surface area contributed by atoms with Crippen LogP contribution < -0.4 is 10.6 Å². The highest BCUT2D eigenvalue weighted by Crippen LogP contribution is 2.39. The first-order valence-electron chi connectivity index (χ1n) is 12.6. The van der Waals surface area contributed by atoms with Gasteiger partial charge in [0.15, 0.2) is 5.01 Å². The molecule has 208 valence electrons. The van der Waals surface area contributed by atoms with E-state index in [1.807, 2.05) is 27.7 Å². The number of nitrogens with one attached hydrogen (secondary N) is 2. The maximum atomic E-state index is 14.3. The smallest absolute Gasteiger partial charge is 0.280 e. The summed E-state index contributed by atoms with van der Waals surface area (Å²) < 4.78 is 52.0. The minimum atomic E-state index is -3.11. The van der Waals surface area contributed by atoms with Crippen LogP contribution in [0.3, 0.4) is 0 Å². The Bertz CT molecular complexity index is 1310. The fourth-order valence-corrected chi connectivity index (χ4v) is 7.17. The van der Waals surface area contributed by atoms with Crippen molar-refractivity contribution in [3.8, 4) is 10.4 Å². The first kappa shape index (κ1) is 28.3. The maximum Gasteiger partial charge on any atom is 0.280 e. The van der Waals surface area contributed by atoms with Crippen LogP contribution in [-0.4, -0.2) is 70.8 Å². The van der Waals surface area contributed by atoms with Gasteiger partial charge in [-0.3, -0.25) is 9.59 Å². The number of halogens is 2. The molecule has 0 radical (unpaired) electrons. The summed E-state index contributed by atoms with van der Waals surface area (Å²) in [6.07, 6.45) is 0.643. The van der Waals surface area contributed by atoms with Crippen molar-refractivity contribution in [2.24, 2.45) is 0 Å². The van der Waals surface area contributed by atoms with E-state index >= 15 is 0 Å². The molecule has 4 rings (SSSR count). The number of alkyl halides is 2. The molecule has 0 bridgehead atoms. The first-order valence-corrected chi connectivity index (χ1v) is 15.3. The summed E-state index contributed by atoms with van der Waals surface area (Å²) in [5.41, 5.74) is -0.728. The molecule has 2 aliphatic heterocycles. The van der Waals surface area contributed by atoms with Gasteiger partial charge in [0.2, 0.25) is 0 Å². The molecule has 0 spiro atoms. The number of anilines is 1. The van der Waals surface area contributed by atoms with Gasteiger partial charge in [-0.1, -0.05) is 0 Å². The zero-order chi connectivity index (χ0) is 27.8. The van der Waals surface area contributed by atoms with Crippen LogP contribution in [0.1, 0.15) is 85.7 Å². The van der Waals surface area contributed by atoms with Crippen molar-refractivity contribution in [3.05, 3.63) is 28.5 Å². The van der Waals surface area contributed by atoms with Crippen molar-refractivity contribution in [2.45, 2.75) is 77.4 Å². The average Bonchev–Trinajstić information content (AvgIpc) is 3.45. The first-order chi connectivity index (χ1) is 17.7. The number of carbonyl (C=O) groups is 2. The molecular weight excluding hydrogens is 536 g/mol. The summed E-state index contributed by atoms with van der Waals surface area (Å²) in [5, 5.41) is 5.84. The number of amides is 2. The standard InChI is InChI=1S/C25H33F2N5O4S2/c1-14-6-5-9-32(14)24(34)19-20(17-13-28-18(31-25(2,3)4)12-16(17)21(26)27)37-23(30-19)22(33)29-15-7-10-38(35,36)11-8-15/h12-15,21H,5-11H2,1-4H3,(H,28,31)(H,29,33)/t14-/m0/s1. The molecule has 1 atom stereocenters. The summed E-state index contributed by atoms with van der Waals surface area (Å²) in [6.45, 7) is 8.08. The molecule has 4 heterocycles. The van der Waals surface area contributed by atoms with Crippen molar-refractivity contribution < 1.29 is 26.8 Å². The maximum absolute atomic E-state index is 14.3. The van der Waals surface area contributed by atoms with E-state index in [1.165, 1.54) is 12.3 Å². The van der Waals surface area contributed by atoms with Crippen LogP contribution >= 0.6 is 11.3 Å². The molecule has 2 aliphatic rings. The zero-order valence-electron chi connectivity index (χ0n) is 21.9. The molecule has 2 aromatic rings. The van der Waals surface area contributed by atoms with Crippen LogP contribution in [0.5, 0.6) is 0 Å². The summed E-state index contributed by atoms with van der Waals surface area (Å²) in [6, 6.07) is 0.877. The highest BCUT2D eigenvalue weighted by atomic mass is 32.2. The lowest BCUT2D eigenvalue weighted by molar-refractivity contribution is 0.0743. The molecule has 2 N–H and O–H groups in total. The second kappa shape index (κ2) is 10.8. The van der Waals surface area contributed by atoms with Crippen molar-refractivity contribution in [1.29, 1.82) is 0 Å². The second-order valence-electron chi connectivity index (χ2n) is 10.9. The minimum Gasteiger partial charge on any atom is -0.365 e. The number of nitrogens with zero attached hydrogens (tertiary/aromatic N) is 3. The minimum absolute atomic E-state index is 0.0178. The molecular formula is C25H33F2N5O4S2. The van der Waals surface area contributed by atoms with Crippen LogP contribution in [0.4, 0.5) is 14.6 Å². The largest absolute Gasteiger partial charge is 0.365 e. The van der Waals surface area contributed by atoms with Crippen molar-refractivity contribution in [2.75, 3.05) is 23.4 Å². The van der Waals surface area contributed by atoms with Gasteiger partial charge in [0.25, 0.3) is 18.2 Å². The molecule has 2 amide bonds. The number of rotatable bonds is 6. The van der Waals surface area contributed by atoms with E-state index in [1.54, 1.807) is 4.90 Å². The molecule has 0 aromatic carbocycles.